The van der Waals surface area contributed by atoms with E-state index in [9.17, 15) is 23.2 Å². The molecule has 0 aliphatic heterocycles. The highest BCUT2D eigenvalue weighted by Gasteiger charge is 2.21. The van der Waals surface area contributed by atoms with Gasteiger partial charge in [0.2, 0.25) is 5.69 Å². The molecular formula is C24H18F2N4O3. The zero-order chi connectivity index (χ0) is 23.5. The Morgan fingerprint density at radius 1 is 0.970 bits per heavy atom. The molecule has 0 aliphatic rings. The van der Waals surface area contributed by atoms with Crippen molar-refractivity contribution in [3.63, 3.8) is 0 Å². The number of rotatable bonds is 5. The number of hydrogen-bond acceptors (Lipinski definition) is 4. The maximum Gasteiger partial charge on any atom is 0.352 e. The Kier molecular flexibility index (Phi) is 5.95. The molecular weight excluding hydrogens is 430 g/mol. The van der Waals surface area contributed by atoms with Gasteiger partial charge in [0.1, 0.15) is 11.6 Å². The molecule has 1 amide bonds. The molecule has 33 heavy (non-hydrogen) atoms. The van der Waals surface area contributed by atoms with Crippen molar-refractivity contribution in [2.75, 3.05) is 5.32 Å². The summed E-state index contributed by atoms with van der Waals surface area (Å²) in [4.78, 5) is 39.1. The van der Waals surface area contributed by atoms with E-state index in [-0.39, 0.29) is 11.3 Å². The number of halogens is 2. The Morgan fingerprint density at radius 2 is 1.70 bits per heavy atom. The number of benzene rings is 3. The average molecular weight is 448 g/mol. The first-order valence-electron chi connectivity index (χ1n) is 9.95. The van der Waals surface area contributed by atoms with Crippen molar-refractivity contribution >= 4 is 11.6 Å². The first kappa shape index (κ1) is 21.8. The minimum atomic E-state index is -0.980. The fourth-order valence-electron chi connectivity index (χ4n) is 3.24. The summed E-state index contributed by atoms with van der Waals surface area (Å²) < 4.78 is 29.1. The SMILES string of the molecule is Cc1cccc(-n2nc(C(=O)Nc3ccc(F)cc3)c(=O)n(Cc3ccccc3F)c2=O)c1. The van der Waals surface area contributed by atoms with Crippen molar-refractivity contribution in [1.82, 2.24) is 14.3 Å². The van der Waals surface area contributed by atoms with E-state index in [1.807, 2.05) is 13.0 Å². The van der Waals surface area contributed by atoms with Crippen LogP contribution in [-0.4, -0.2) is 20.3 Å². The third-order valence-electron chi connectivity index (χ3n) is 4.91. The summed E-state index contributed by atoms with van der Waals surface area (Å²) >= 11 is 0. The molecule has 1 aromatic heterocycles. The Labute approximate surface area is 186 Å². The second-order valence-electron chi connectivity index (χ2n) is 7.33. The van der Waals surface area contributed by atoms with Crippen LogP contribution in [0, 0.1) is 18.6 Å². The molecule has 0 unspecified atom stereocenters. The molecule has 4 aromatic rings. The minimum absolute atomic E-state index is 0.101. The van der Waals surface area contributed by atoms with Gasteiger partial charge in [-0.3, -0.25) is 14.2 Å². The third-order valence-corrected chi connectivity index (χ3v) is 4.91. The Bertz CT molecular complexity index is 1460. The number of aromatic nitrogens is 3. The van der Waals surface area contributed by atoms with E-state index in [2.05, 4.69) is 10.4 Å². The van der Waals surface area contributed by atoms with Gasteiger partial charge in [-0.25, -0.2) is 13.6 Å². The van der Waals surface area contributed by atoms with Crippen LogP contribution in [0.2, 0.25) is 0 Å². The van der Waals surface area contributed by atoms with Crippen LogP contribution in [0.5, 0.6) is 0 Å². The Balaban J connectivity index is 1.86. The standard InChI is InChI=1S/C24H18F2N4O3/c1-15-5-4-7-19(13-15)30-24(33)29(14-16-6-2-3-8-20(16)26)23(32)21(28-30)22(31)27-18-11-9-17(25)10-12-18/h2-13H,14H2,1H3,(H,27,31). The van der Waals surface area contributed by atoms with Crippen LogP contribution < -0.4 is 16.6 Å². The predicted molar refractivity (Wildman–Crippen MR) is 119 cm³/mol. The minimum Gasteiger partial charge on any atom is -0.320 e. The number of carbonyl (C=O) groups excluding carboxylic acids is 1. The number of carbonyl (C=O) groups is 1. The molecule has 0 saturated carbocycles. The van der Waals surface area contributed by atoms with Crippen LogP contribution in [0.1, 0.15) is 21.6 Å². The van der Waals surface area contributed by atoms with Gasteiger partial charge in [-0.15, -0.1) is 0 Å². The number of hydrogen-bond donors (Lipinski definition) is 1. The van der Waals surface area contributed by atoms with Crippen LogP contribution >= 0.6 is 0 Å². The highest BCUT2D eigenvalue weighted by molar-refractivity contribution is 6.02. The fraction of sp³-hybridized carbons (Fsp3) is 0.0833. The number of amides is 1. The highest BCUT2D eigenvalue weighted by Crippen LogP contribution is 2.11. The maximum atomic E-state index is 14.2. The molecule has 1 N–H and O–H groups in total. The molecule has 0 radical (unpaired) electrons. The number of aryl methyl sites for hydroxylation is 1. The normalized spacial score (nSPS) is 10.8. The zero-order valence-electron chi connectivity index (χ0n) is 17.5. The smallest absolute Gasteiger partial charge is 0.320 e. The summed E-state index contributed by atoms with van der Waals surface area (Å²) in [5, 5.41) is 6.48. The molecule has 1 heterocycles. The van der Waals surface area contributed by atoms with Gasteiger partial charge in [0.05, 0.1) is 12.2 Å². The van der Waals surface area contributed by atoms with Crippen molar-refractivity contribution in [3.05, 3.63) is 122 Å². The maximum absolute atomic E-state index is 14.2. The van der Waals surface area contributed by atoms with E-state index in [0.29, 0.717) is 5.69 Å². The second-order valence-corrected chi connectivity index (χ2v) is 7.33. The molecule has 0 bridgehead atoms. The zero-order valence-corrected chi connectivity index (χ0v) is 17.5. The van der Waals surface area contributed by atoms with Crippen molar-refractivity contribution < 1.29 is 13.6 Å². The molecule has 4 rings (SSSR count). The second kappa shape index (κ2) is 8.99. The van der Waals surface area contributed by atoms with Crippen LogP contribution in [0.4, 0.5) is 14.5 Å². The van der Waals surface area contributed by atoms with Gasteiger partial charge in [0.25, 0.3) is 11.5 Å². The number of anilines is 1. The monoisotopic (exact) mass is 448 g/mol. The lowest BCUT2D eigenvalue weighted by Gasteiger charge is -2.13. The van der Waals surface area contributed by atoms with E-state index in [1.54, 1.807) is 24.3 Å². The quantitative estimate of drug-likeness (QED) is 0.508. The molecule has 0 saturated heterocycles. The summed E-state index contributed by atoms with van der Waals surface area (Å²) in [6.07, 6.45) is 0. The van der Waals surface area contributed by atoms with Crippen molar-refractivity contribution in [2.45, 2.75) is 13.5 Å². The Hall–Kier alpha value is -4.40. The van der Waals surface area contributed by atoms with E-state index in [1.165, 1.54) is 30.3 Å². The van der Waals surface area contributed by atoms with Gasteiger partial charge in [0.15, 0.2) is 0 Å². The fourth-order valence-corrected chi connectivity index (χ4v) is 3.24. The van der Waals surface area contributed by atoms with E-state index < -0.39 is 41.0 Å². The first-order chi connectivity index (χ1) is 15.8. The molecule has 0 atom stereocenters. The van der Waals surface area contributed by atoms with Crippen molar-refractivity contribution in [3.8, 4) is 5.69 Å². The summed E-state index contributed by atoms with van der Waals surface area (Å²) in [5.74, 6) is -1.98. The van der Waals surface area contributed by atoms with Gasteiger partial charge in [0, 0.05) is 11.3 Å². The van der Waals surface area contributed by atoms with Crippen molar-refractivity contribution in [1.29, 1.82) is 0 Å². The lowest BCUT2D eigenvalue weighted by atomic mass is 10.2. The van der Waals surface area contributed by atoms with Crippen LogP contribution in [-0.2, 0) is 6.54 Å². The van der Waals surface area contributed by atoms with E-state index in [0.717, 1.165) is 26.9 Å². The average Bonchev–Trinajstić information content (AvgIpc) is 2.79. The van der Waals surface area contributed by atoms with E-state index >= 15 is 0 Å². The molecule has 3 aromatic carbocycles. The molecule has 166 valence electrons. The molecule has 9 heteroatoms. The molecule has 0 aliphatic carbocycles. The van der Waals surface area contributed by atoms with Gasteiger partial charge in [-0.2, -0.15) is 9.78 Å². The summed E-state index contributed by atoms with van der Waals surface area (Å²) in [6, 6.07) is 17.4. The largest absolute Gasteiger partial charge is 0.352 e. The van der Waals surface area contributed by atoms with E-state index in [4.69, 9.17) is 0 Å². The first-order valence-corrected chi connectivity index (χ1v) is 9.95. The predicted octanol–water partition coefficient (Wildman–Crippen LogP) is 3.28. The molecule has 0 spiro atoms. The summed E-state index contributed by atoms with van der Waals surface area (Å²) in [6.45, 7) is 1.42. The summed E-state index contributed by atoms with van der Waals surface area (Å²) in [5.41, 5.74) is -0.889. The van der Waals surface area contributed by atoms with Gasteiger partial charge in [-0.1, -0.05) is 30.3 Å². The topological polar surface area (TPSA) is 86.0 Å². The number of nitrogens with zero attached hydrogens (tertiary/aromatic N) is 3. The number of nitrogens with one attached hydrogen (secondary N) is 1. The van der Waals surface area contributed by atoms with Gasteiger partial charge < -0.3 is 5.32 Å². The van der Waals surface area contributed by atoms with Crippen molar-refractivity contribution in [2.24, 2.45) is 0 Å². The Morgan fingerprint density at radius 3 is 2.39 bits per heavy atom. The van der Waals surface area contributed by atoms with Gasteiger partial charge in [-0.05, 0) is 55.0 Å². The lowest BCUT2D eigenvalue weighted by Crippen LogP contribution is -2.45. The molecule has 0 fully saturated rings. The summed E-state index contributed by atoms with van der Waals surface area (Å²) in [7, 11) is 0. The highest BCUT2D eigenvalue weighted by atomic mass is 19.1. The van der Waals surface area contributed by atoms with Gasteiger partial charge >= 0.3 is 5.69 Å². The van der Waals surface area contributed by atoms with Crippen LogP contribution in [0.3, 0.4) is 0 Å². The van der Waals surface area contributed by atoms with Crippen LogP contribution in [0.25, 0.3) is 5.69 Å². The lowest BCUT2D eigenvalue weighted by molar-refractivity contribution is 0.101. The third kappa shape index (κ3) is 4.62. The molecule has 7 nitrogen and oxygen atoms in total. The van der Waals surface area contributed by atoms with Crippen LogP contribution in [0.15, 0.2) is 82.4 Å².